The van der Waals surface area contributed by atoms with Crippen molar-refractivity contribution in [2.45, 2.75) is 25.3 Å². The lowest BCUT2D eigenvalue weighted by atomic mass is 9.88. The molecule has 1 aliphatic carbocycles. The van der Waals surface area contributed by atoms with E-state index < -0.39 is 0 Å². The van der Waals surface area contributed by atoms with E-state index in [2.05, 4.69) is 58.5 Å². The van der Waals surface area contributed by atoms with E-state index in [0.717, 1.165) is 41.2 Å². The molecule has 148 valence electrons. The van der Waals surface area contributed by atoms with Crippen molar-refractivity contribution in [3.63, 3.8) is 0 Å². The van der Waals surface area contributed by atoms with Gasteiger partial charge in [-0.15, -0.1) is 12.4 Å². The number of aryl methyl sites for hydroxylation is 1. The third-order valence-electron chi connectivity index (χ3n) is 5.57. The highest BCUT2D eigenvalue weighted by atomic mass is 35.5. The van der Waals surface area contributed by atoms with Gasteiger partial charge in [-0.25, -0.2) is 0 Å². The van der Waals surface area contributed by atoms with Crippen LogP contribution in [0.1, 0.15) is 35.7 Å². The molecule has 5 heteroatoms. The Balaban J connectivity index is 0.00000205. The number of nitrogens with one attached hydrogen (secondary N) is 2. The largest absolute Gasteiger partial charge is 0.494 e. The van der Waals surface area contributed by atoms with Gasteiger partial charge in [0.25, 0.3) is 0 Å². The number of H-pyrrole nitrogens is 2. The lowest BCUT2D eigenvalue weighted by Crippen LogP contribution is -2.08. The minimum Gasteiger partial charge on any atom is -0.494 e. The Labute approximate surface area is 176 Å². The summed E-state index contributed by atoms with van der Waals surface area (Å²) in [6.07, 6.45) is 5.35. The first kappa shape index (κ1) is 19.3. The molecule has 5 rings (SSSR count). The number of hydrogen-bond acceptors (Lipinski definition) is 2. The summed E-state index contributed by atoms with van der Waals surface area (Å²) in [6.45, 7) is 0. The molecule has 0 amide bonds. The molecule has 4 nitrogen and oxygen atoms in total. The Morgan fingerprint density at radius 2 is 1.79 bits per heavy atom. The summed E-state index contributed by atoms with van der Waals surface area (Å²) in [5.41, 5.74) is 6.85. The summed E-state index contributed by atoms with van der Waals surface area (Å²) in [7, 11) is 1.70. The van der Waals surface area contributed by atoms with Crippen LogP contribution < -0.4 is 4.74 Å². The minimum atomic E-state index is 0. The maximum atomic E-state index is 5.59. The van der Waals surface area contributed by atoms with Crippen molar-refractivity contribution in [3.8, 4) is 17.1 Å². The van der Waals surface area contributed by atoms with Crippen LogP contribution >= 0.6 is 12.4 Å². The topological polar surface area (TPSA) is 53.2 Å². The molecule has 2 aromatic carbocycles. The number of aliphatic imine (C=N–C) groups is 1. The van der Waals surface area contributed by atoms with E-state index in [1.54, 1.807) is 7.11 Å². The van der Waals surface area contributed by atoms with Crippen LogP contribution in [0.4, 0.5) is 0 Å². The van der Waals surface area contributed by atoms with E-state index in [-0.39, 0.29) is 18.4 Å². The summed E-state index contributed by atoms with van der Waals surface area (Å²) in [6, 6.07) is 21.3. The average Bonchev–Trinajstić information content (AvgIpc) is 3.36. The van der Waals surface area contributed by atoms with E-state index in [1.165, 1.54) is 22.9 Å². The molecule has 0 bridgehead atoms. The molecule has 1 atom stereocenters. The van der Waals surface area contributed by atoms with E-state index in [0.29, 0.717) is 0 Å². The van der Waals surface area contributed by atoms with Gasteiger partial charge < -0.3 is 14.7 Å². The molecule has 1 aliphatic rings. The van der Waals surface area contributed by atoms with Crippen molar-refractivity contribution >= 4 is 29.5 Å². The van der Waals surface area contributed by atoms with Crippen LogP contribution in [-0.4, -0.2) is 23.3 Å². The molecule has 1 unspecified atom stereocenters. The van der Waals surface area contributed by atoms with Crippen LogP contribution in [0.5, 0.6) is 5.75 Å². The smallest absolute Gasteiger partial charge is 0.146 e. The molecule has 2 N–H and O–H groups in total. The minimum absolute atomic E-state index is 0. The van der Waals surface area contributed by atoms with E-state index >= 15 is 0 Å². The zero-order valence-electron chi connectivity index (χ0n) is 16.3. The Hall–Kier alpha value is -2.98. The fraction of sp³-hybridized carbons (Fsp3) is 0.208. The first-order valence-corrected chi connectivity index (χ1v) is 9.78. The molecule has 0 saturated heterocycles. The summed E-state index contributed by atoms with van der Waals surface area (Å²) in [5, 5.41) is 1.19. The van der Waals surface area contributed by atoms with Crippen molar-refractivity contribution in [1.29, 1.82) is 0 Å². The number of aromatic amines is 2. The van der Waals surface area contributed by atoms with Gasteiger partial charge in [0.2, 0.25) is 0 Å². The maximum Gasteiger partial charge on any atom is 0.146 e. The van der Waals surface area contributed by atoms with Gasteiger partial charge in [0, 0.05) is 23.2 Å². The molecule has 4 aromatic rings. The zero-order chi connectivity index (χ0) is 18.9. The lowest BCUT2D eigenvalue weighted by molar-refractivity contribution is 0.415. The summed E-state index contributed by atoms with van der Waals surface area (Å²) < 4.78 is 5.59. The van der Waals surface area contributed by atoms with Crippen LogP contribution in [0.2, 0.25) is 0 Å². The molecule has 2 aromatic heterocycles. The summed E-state index contributed by atoms with van der Waals surface area (Å²) in [4.78, 5) is 11.8. The third kappa shape index (κ3) is 3.68. The number of methoxy groups -OCH3 is 1. The van der Waals surface area contributed by atoms with Crippen molar-refractivity contribution in [3.05, 3.63) is 77.5 Å². The second-order valence-electron chi connectivity index (χ2n) is 7.32. The predicted octanol–water partition coefficient (Wildman–Crippen LogP) is 6.09. The van der Waals surface area contributed by atoms with Crippen molar-refractivity contribution in [1.82, 2.24) is 9.97 Å². The van der Waals surface area contributed by atoms with Gasteiger partial charge in [0.05, 0.1) is 30.2 Å². The second kappa shape index (κ2) is 8.18. The van der Waals surface area contributed by atoms with E-state index in [1.807, 2.05) is 18.3 Å². The highest BCUT2D eigenvalue weighted by Gasteiger charge is 2.19. The van der Waals surface area contributed by atoms with E-state index in [9.17, 15) is 0 Å². The number of para-hydroxylation sites is 1. The number of aromatic nitrogens is 2. The fourth-order valence-corrected chi connectivity index (χ4v) is 4.13. The van der Waals surface area contributed by atoms with Gasteiger partial charge in [-0.05, 0) is 42.5 Å². The standard InChI is InChI=1S/C24H23N3O.ClH/c1-28-24-14-22(21-13-17-8-3-5-11-19(17)26-21)27-23(24)15-25-20-12-6-9-16-7-2-4-10-18(16)20;/h2-5,7-8,10-11,13-15,20,26-27H,6,9,12H2,1H3;1H. The number of nitrogens with zero attached hydrogens (tertiary/aromatic N) is 1. The van der Waals surface area contributed by atoms with Gasteiger partial charge in [0.1, 0.15) is 5.75 Å². The number of ether oxygens (including phenoxy) is 1. The molecule has 0 aliphatic heterocycles. The molecule has 0 fully saturated rings. The zero-order valence-corrected chi connectivity index (χ0v) is 17.1. The van der Waals surface area contributed by atoms with Gasteiger partial charge in [-0.3, -0.25) is 4.99 Å². The molecule has 0 radical (unpaired) electrons. The Morgan fingerprint density at radius 1 is 1.00 bits per heavy atom. The molecule has 29 heavy (non-hydrogen) atoms. The number of benzene rings is 2. The molecule has 2 heterocycles. The first-order chi connectivity index (χ1) is 13.8. The maximum absolute atomic E-state index is 5.59. The number of hydrogen-bond donors (Lipinski definition) is 2. The van der Waals surface area contributed by atoms with Crippen LogP contribution in [0.15, 0.2) is 65.7 Å². The average molecular weight is 406 g/mol. The summed E-state index contributed by atoms with van der Waals surface area (Å²) >= 11 is 0. The van der Waals surface area contributed by atoms with Crippen LogP contribution in [0.25, 0.3) is 22.3 Å². The number of halogens is 1. The third-order valence-corrected chi connectivity index (χ3v) is 5.57. The first-order valence-electron chi connectivity index (χ1n) is 9.78. The quantitative estimate of drug-likeness (QED) is 0.396. The van der Waals surface area contributed by atoms with Gasteiger partial charge >= 0.3 is 0 Å². The Morgan fingerprint density at radius 3 is 2.66 bits per heavy atom. The summed E-state index contributed by atoms with van der Waals surface area (Å²) in [5.74, 6) is 0.807. The highest BCUT2D eigenvalue weighted by Crippen LogP contribution is 2.33. The highest BCUT2D eigenvalue weighted by molar-refractivity contribution is 5.88. The molecular weight excluding hydrogens is 382 g/mol. The number of rotatable bonds is 4. The normalized spacial score (nSPS) is 16.0. The Kier molecular flexibility index (Phi) is 5.45. The SMILES string of the molecule is COc1cc(-c2cc3ccccc3[nH]2)[nH]c1C=NC1CCCc2ccccc21.Cl. The monoisotopic (exact) mass is 405 g/mol. The van der Waals surface area contributed by atoms with Crippen molar-refractivity contribution < 1.29 is 4.74 Å². The Bertz CT molecular complexity index is 1120. The molecule has 0 saturated carbocycles. The van der Waals surface area contributed by atoms with E-state index in [4.69, 9.17) is 9.73 Å². The van der Waals surface area contributed by atoms with Gasteiger partial charge in [0.15, 0.2) is 0 Å². The van der Waals surface area contributed by atoms with Crippen LogP contribution in [0, 0.1) is 0 Å². The molecular formula is C24H24ClN3O. The van der Waals surface area contributed by atoms with Crippen LogP contribution in [0.3, 0.4) is 0 Å². The predicted molar refractivity (Wildman–Crippen MR) is 122 cm³/mol. The van der Waals surface area contributed by atoms with Crippen molar-refractivity contribution in [2.75, 3.05) is 7.11 Å². The lowest BCUT2D eigenvalue weighted by Gasteiger charge is -2.22. The number of fused-ring (bicyclic) bond motifs is 2. The van der Waals surface area contributed by atoms with Crippen LogP contribution in [-0.2, 0) is 6.42 Å². The fourth-order valence-electron chi connectivity index (χ4n) is 4.13. The van der Waals surface area contributed by atoms with Gasteiger partial charge in [-0.1, -0.05) is 42.5 Å². The second-order valence-corrected chi connectivity index (χ2v) is 7.32. The van der Waals surface area contributed by atoms with Gasteiger partial charge in [-0.2, -0.15) is 0 Å². The van der Waals surface area contributed by atoms with Crippen molar-refractivity contribution in [2.24, 2.45) is 4.99 Å². The molecule has 0 spiro atoms.